The molecule has 2 aromatic rings. The third-order valence-electron chi connectivity index (χ3n) is 3.87. The molecule has 1 heteroatoms. The summed E-state index contributed by atoms with van der Waals surface area (Å²) < 4.78 is 0. The molecule has 18 heavy (non-hydrogen) atoms. The second-order valence-corrected chi connectivity index (χ2v) is 5.39. The summed E-state index contributed by atoms with van der Waals surface area (Å²) in [6.07, 6.45) is 10.3. The third-order valence-corrected chi connectivity index (χ3v) is 3.87. The second-order valence-electron chi connectivity index (χ2n) is 5.39. The van der Waals surface area contributed by atoms with Crippen LogP contribution in [0.3, 0.4) is 0 Å². The largest absolute Gasteiger partial charge is 0.364 e. The van der Waals surface area contributed by atoms with Gasteiger partial charge in [-0.2, -0.15) is 0 Å². The number of hydrogen-bond acceptors (Lipinski definition) is 0. The van der Waals surface area contributed by atoms with Crippen LogP contribution in [0.1, 0.15) is 64.0 Å². The Bertz CT molecular complexity index is 469. The van der Waals surface area contributed by atoms with Gasteiger partial charge in [-0.3, -0.25) is 0 Å². The maximum atomic E-state index is 3.47. The van der Waals surface area contributed by atoms with Crippen LogP contribution >= 0.6 is 0 Å². The average Bonchev–Trinajstić information content (AvgIpc) is 2.82. The number of fused-ring (bicyclic) bond motifs is 1. The number of aromatic amines is 1. The number of rotatable bonds is 7. The van der Waals surface area contributed by atoms with Gasteiger partial charge in [0.1, 0.15) is 0 Å². The van der Waals surface area contributed by atoms with E-state index in [2.05, 4.69) is 49.3 Å². The summed E-state index contributed by atoms with van der Waals surface area (Å²) in [7, 11) is 0. The van der Waals surface area contributed by atoms with E-state index in [0.717, 1.165) is 0 Å². The first-order chi connectivity index (χ1) is 8.83. The van der Waals surface area contributed by atoms with E-state index in [9.17, 15) is 0 Å². The SMILES string of the molecule is CCCCCCCC(C)c1[nH]cc2ccccc12. The normalized spacial score (nSPS) is 13.0. The van der Waals surface area contributed by atoms with Gasteiger partial charge >= 0.3 is 0 Å². The highest BCUT2D eigenvalue weighted by Gasteiger charge is 2.10. The molecular weight excluding hydrogens is 218 g/mol. The maximum absolute atomic E-state index is 3.47. The average molecular weight is 243 g/mol. The molecule has 0 aliphatic rings. The fraction of sp³-hybridized carbons (Fsp3) is 0.529. The van der Waals surface area contributed by atoms with Crippen LogP contribution in [0, 0.1) is 0 Å². The number of hydrogen-bond donors (Lipinski definition) is 1. The summed E-state index contributed by atoms with van der Waals surface area (Å²) in [5.74, 6) is 0.645. The van der Waals surface area contributed by atoms with Gasteiger partial charge in [0.15, 0.2) is 0 Å². The molecule has 0 aliphatic heterocycles. The molecular formula is C17H25N. The Balaban J connectivity index is 1.90. The summed E-state index contributed by atoms with van der Waals surface area (Å²) in [5.41, 5.74) is 1.42. The van der Waals surface area contributed by atoms with E-state index < -0.39 is 0 Å². The molecule has 1 aromatic carbocycles. The van der Waals surface area contributed by atoms with E-state index in [1.165, 1.54) is 55.0 Å². The third kappa shape index (κ3) is 3.16. The Morgan fingerprint density at radius 2 is 1.83 bits per heavy atom. The topological polar surface area (TPSA) is 15.8 Å². The fourth-order valence-electron chi connectivity index (χ4n) is 2.71. The van der Waals surface area contributed by atoms with Crippen molar-refractivity contribution in [2.75, 3.05) is 0 Å². The molecule has 0 saturated carbocycles. The summed E-state index contributed by atoms with van der Waals surface area (Å²) in [6.45, 7) is 4.62. The minimum Gasteiger partial charge on any atom is -0.364 e. The Morgan fingerprint density at radius 3 is 2.67 bits per heavy atom. The van der Waals surface area contributed by atoms with Gasteiger partial charge in [-0.25, -0.2) is 0 Å². The number of benzene rings is 1. The number of nitrogens with one attached hydrogen (secondary N) is 1. The fourth-order valence-corrected chi connectivity index (χ4v) is 2.71. The summed E-state index contributed by atoms with van der Waals surface area (Å²) in [6, 6.07) is 8.65. The Labute approximate surface area is 111 Å². The van der Waals surface area contributed by atoms with Crippen molar-refractivity contribution in [3.05, 3.63) is 36.2 Å². The number of unbranched alkanes of at least 4 members (excludes halogenated alkanes) is 4. The first kappa shape index (κ1) is 13.2. The van der Waals surface area contributed by atoms with Crippen LogP contribution in [0.5, 0.6) is 0 Å². The van der Waals surface area contributed by atoms with Crippen LogP contribution in [-0.2, 0) is 0 Å². The van der Waals surface area contributed by atoms with Gasteiger partial charge in [-0.1, -0.05) is 70.2 Å². The van der Waals surface area contributed by atoms with Gasteiger partial charge in [0, 0.05) is 17.3 Å². The molecule has 0 fully saturated rings. The lowest BCUT2D eigenvalue weighted by Crippen LogP contribution is -1.94. The molecule has 1 heterocycles. The molecule has 0 bridgehead atoms. The highest BCUT2D eigenvalue weighted by Crippen LogP contribution is 2.28. The predicted molar refractivity (Wildman–Crippen MR) is 80.1 cm³/mol. The van der Waals surface area contributed by atoms with Gasteiger partial charge in [-0.15, -0.1) is 0 Å². The molecule has 1 N–H and O–H groups in total. The Hall–Kier alpha value is -1.24. The highest BCUT2D eigenvalue weighted by molar-refractivity contribution is 5.85. The lowest BCUT2D eigenvalue weighted by molar-refractivity contribution is 0.563. The van der Waals surface area contributed by atoms with Crippen LogP contribution in [0.15, 0.2) is 30.5 Å². The zero-order valence-corrected chi connectivity index (χ0v) is 11.7. The summed E-state index contributed by atoms with van der Waals surface area (Å²) in [5, 5.41) is 2.74. The van der Waals surface area contributed by atoms with Crippen molar-refractivity contribution in [1.29, 1.82) is 0 Å². The van der Waals surface area contributed by atoms with Gasteiger partial charge in [-0.05, 0) is 17.7 Å². The molecule has 0 amide bonds. The molecule has 98 valence electrons. The van der Waals surface area contributed by atoms with E-state index in [1.54, 1.807) is 0 Å². The van der Waals surface area contributed by atoms with Crippen molar-refractivity contribution < 1.29 is 0 Å². The molecule has 1 atom stereocenters. The lowest BCUT2D eigenvalue weighted by Gasteiger charge is -2.10. The van der Waals surface area contributed by atoms with Gasteiger partial charge in [0.25, 0.3) is 0 Å². The predicted octanol–water partition coefficient (Wildman–Crippen LogP) is 5.63. The molecule has 1 aromatic heterocycles. The zero-order chi connectivity index (χ0) is 12.8. The molecule has 1 nitrogen and oxygen atoms in total. The van der Waals surface area contributed by atoms with Crippen molar-refractivity contribution in [1.82, 2.24) is 4.98 Å². The minimum absolute atomic E-state index is 0.645. The Kier molecular flexibility index (Phi) is 4.86. The number of aromatic nitrogens is 1. The zero-order valence-electron chi connectivity index (χ0n) is 11.7. The summed E-state index contributed by atoms with van der Waals surface area (Å²) in [4.78, 5) is 3.47. The Morgan fingerprint density at radius 1 is 1.06 bits per heavy atom. The lowest BCUT2D eigenvalue weighted by atomic mass is 9.97. The summed E-state index contributed by atoms with van der Waals surface area (Å²) >= 11 is 0. The molecule has 1 unspecified atom stereocenters. The molecule has 0 saturated heterocycles. The van der Waals surface area contributed by atoms with Gasteiger partial charge in [0.05, 0.1) is 0 Å². The van der Waals surface area contributed by atoms with Gasteiger partial charge in [0.2, 0.25) is 0 Å². The molecule has 0 aliphatic carbocycles. The van der Waals surface area contributed by atoms with Crippen molar-refractivity contribution in [2.24, 2.45) is 0 Å². The van der Waals surface area contributed by atoms with E-state index in [4.69, 9.17) is 0 Å². The standard InChI is InChI=1S/C17H25N/c1-3-4-5-6-7-10-14(2)17-16-12-9-8-11-15(16)13-18-17/h8-9,11-14,18H,3-7,10H2,1-2H3. The number of H-pyrrole nitrogens is 1. The van der Waals surface area contributed by atoms with E-state index in [1.807, 2.05) is 0 Å². The van der Waals surface area contributed by atoms with Crippen LogP contribution in [0.25, 0.3) is 10.8 Å². The first-order valence-electron chi connectivity index (χ1n) is 7.39. The smallest absolute Gasteiger partial charge is 0.0255 e. The molecule has 0 radical (unpaired) electrons. The van der Waals surface area contributed by atoms with Crippen LogP contribution in [0.4, 0.5) is 0 Å². The second kappa shape index (κ2) is 6.63. The van der Waals surface area contributed by atoms with E-state index in [0.29, 0.717) is 5.92 Å². The molecule has 0 spiro atoms. The van der Waals surface area contributed by atoms with Crippen molar-refractivity contribution in [3.8, 4) is 0 Å². The van der Waals surface area contributed by atoms with Crippen molar-refractivity contribution in [3.63, 3.8) is 0 Å². The highest BCUT2D eigenvalue weighted by atomic mass is 14.7. The minimum atomic E-state index is 0.645. The van der Waals surface area contributed by atoms with E-state index >= 15 is 0 Å². The van der Waals surface area contributed by atoms with Crippen LogP contribution in [0.2, 0.25) is 0 Å². The van der Waals surface area contributed by atoms with Crippen molar-refractivity contribution in [2.45, 2.75) is 58.3 Å². The van der Waals surface area contributed by atoms with E-state index in [-0.39, 0.29) is 0 Å². The van der Waals surface area contributed by atoms with Crippen molar-refractivity contribution >= 4 is 10.8 Å². The monoisotopic (exact) mass is 243 g/mol. The maximum Gasteiger partial charge on any atom is 0.0255 e. The van der Waals surface area contributed by atoms with Gasteiger partial charge < -0.3 is 4.98 Å². The first-order valence-corrected chi connectivity index (χ1v) is 7.39. The van der Waals surface area contributed by atoms with Crippen LogP contribution in [-0.4, -0.2) is 4.98 Å². The quantitative estimate of drug-likeness (QED) is 0.606. The molecule has 2 rings (SSSR count). The van der Waals surface area contributed by atoms with Crippen LogP contribution < -0.4 is 0 Å².